The minimum Gasteiger partial charge on any atom is -0.490 e. The number of rotatable bonds is 21. The minimum absolute atomic E-state index is 0.0269. The van der Waals surface area contributed by atoms with E-state index in [1.54, 1.807) is 35.7 Å². The van der Waals surface area contributed by atoms with Crippen molar-refractivity contribution in [2.24, 2.45) is 0 Å². The third-order valence-corrected chi connectivity index (χ3v) is 12.6. The molecule has 5 heterocycles. The number of imide groups is 2. The molecule has 4 N–H and O–H groups in total. The number of nitrogens with zero attached hydrogens (tertiary/aromatic N) is 6. The maximum absolute atomic E-state index is 13.3. The van der Waals surface area contributed by atoms with Gasteiger partial charge in [-0.05, 0) is 61.0 Å². The molecule has 1 atom stereocenters. The fourth-order valence-corrected chi connectivity index (χ4v) is 8.58. The summed E-state index contributed by atoms with van der Waals surface area (Å²) in [4.78, 5) is 102. The standard InChI is InChI=1S/C45H48N10O11S2/c1-52(18-19-65-20-21-66-35-9-5-8-32-40(35)44(62)55(43(32)61)34-10-11-37(56)50-42(34)60)17-15-47-39(58)26-53(2)36-23-29(12-14-46-36)28-6-4-7-30(22-28)33-27-67-45(49-33)51-38(57)24-48-41(59)31-13-16-54(25-31)68(3,63)64/h4-9,12-14,16,22-23,25,27,34H,10-11,15,17-21,24,26H2,1-3H3,(H,47,58)(H,48,59)(H,49,51,57)(H,50,56,60). The molecule has 23 heteroatoms. The molecule has 0 aliphatic carbocycles. The highest BCUT2D eigenvalue weighted by molar-refractivity contribution is 7.89. The van der Waals surface area contributed by atoms with Gasteiger partial charge in [-0.1, -0.05) is 24.3 Å². The number of anilines is 2. The highest BCUT2D eigenvalue weighted by Gasteiger charge is 2.46. The summed E-state index contributed by atoms with van der Waals surface area (Å²) in [6.45, 7) is 1.93. The Hall–Kier alpha value is -7.34. The number of amides is 7. The number of nitrogens with one attached hydrogen (secondary N) is 4. The summed E-state index contributed by atoms with van der Waals surface area (Å²) in [5, 5.41) is 12.4. The topological polar surface area (TPSA) is 261 Å². The molecule has 7 amide bonds. The van der Waals surface area contributed by atoms with Crippen LogP contribution in [0.15, 0.2) is 84.6 Å². The number of carbonyl (C=O) groups is 7. The number of hydrogen-bond donors (Lipinski definition) is 4. The lowest BCUT2D eigenvalue weighted by Crippen LogP contribution is -2.54. The Morgan fingerprint density at radius 1 is 0.912 bits per heavy atom. The first-order valence-electron chi connectivity index (χ1n) is 21.3. The van der Waals surface area contributed by atoms with Crippen LogP contribution in [0.2, 0.25) is 0 Å². The van der Waals surface area contributed by atoms with Crippen molar-refractivity contribution in [1.29, 1.82) is 0 Å². The van der Waals surface area contributed by atoms with Crippen LogP contribution in [0.3, 0.4) is 0 Å². The van der Waals surface area contributed by atoms with Crippen LogP contribution in [0.25, 0.3) is 22.4 Å². The number of benzene rings is 2. The molecule has 7 rings (SSSR count). The van der Waals surface area contributed by atoms with Gasteiger partial charge in [0.15, 0.2) is 5.13 Å². The van der Waals surface area contributed by atoms with Gasteiger partial charge in [-0.2, -0.15) is 0 Å². The van der Waals surface area contributed by atoms with E-state index in [4.69, 9.17) is 9.47 Å². The number of thiazole rings is 1. The fourth-order valence-electron chi connectivity index (χ4n) is 7.26. The van der Waals surface area contributed by atoms with Crippen molar-refractivity contribution in [3.8, 4) is 28.1 Å². The lowest BCUT2D eigenvalue weighted by Gasteiger charge is -2.27. The molecule has 0 spiro atoms. The van der Waals surface area contributed by atoms with Crippen LogP contribution in [0.1, 0.15) is 43.9 Å². The minimum atomic E-state index is -3.55. The number of carbonyl (C=O) groups excluding carboxylic acids is 7. The zero-order valence-corrected chi connectivity index (χ0v) is 38.9. The van der Waals surface area contributed by atoms with Crippen molar-refractivity contribution in [2.75, 3.05) is 83.1 Å². The summed E-state index contributed by atoms with van der Waals surface area (Å²) in [7, 11) is 0.132. The molecule has 5 aromatic rings. The molecule has 0 radical (unpaired) electrons. The fraction of sp³-hybridized carbons (Fsp3) is 0.311. The number of pyridine rings is 1. The van der Waals surface area contributed by atoms with E-state index in [1.165, 1.54) is 35.9 Å². The number of ether oxygens (including phenoxy) is 2. The predicted molar refractivity (Wildman–Crippen MR) is 250 cm³/mol. The van der Waals surface area contributed by atoms with Gasteiger partial charge in [-0.15, -0.1) is 11.3 Å². The summed E-state index contributed by atoms with van der Waals surface area (Å²) >= 11 is 1.22. The van der Waals surface area contributed by atoms with E-state index in [0.29, 0.717) is 42.9 Å². The highest BCUT2D eigenvalue weighted by Crippen LogP contribution is 2.34. The normalized spacial score (nSPS) is 14.7. The highest BCUT2D eigenvalue weighted by atomic mass is 32.2. The largest absolute Gasteiger partial charge is 0.490 e. The van der Waals surface area contributed by atoms with E-state index in [-0.39, 0.29) is 67.5 Å². The van der Waals surface area contributed by atoms with Crippen molar-refractivity contribution < 1.29 is 51.5 Å². The molecule has 68 heavy (non-hydrogen) atoms. The van der Waals surface area contributed by atoms with Gasteiger partial charge in [-0.25, -0.2) is 18.4 Å². The summed E-state index contributed by atoms with van der Waals surface area (Å²) in [6, 6.07) is 16.4. The van der Waals surface area contributed by atoms with Crippen molar-refractivity contribution in [3.05, 3.63) is 101 Å². The Morgan fingerprint density at radius 2 is 1.69 bits per heavy atom. The van der Waals surface area contributed by atoms with E-state index < -0.39 is 51.5 Å². The molecule has 3 aromatic heterocycles. The quantitative estimate of drug-likeness (QED) is 0.0604. The van der Waals surface area contributed by atoms with Gasteiger partial charge in [0, 0.05) is 62.6 Å². The summed E-state index contributed by atoms with van der Waals surface area (Å²) in [5.74, 6) is -2.89. The van der Waals surface area contributed by atoms with Crippen molar-refractivity contribution in [1.82, 2.24) is 39.7 Å². The average Bonchev–Trinajstić information content (AvgIpc) is 4.06. The van der Waals surface area contributed by atoms with Crippen LogP contribution in [-0.4, -0.2) is 152 Å². The van der Waals surface area contributed by atoms with E-state index in [9.17, 15) is 42.0 Å². The Kier molecular flexibility index (Phi) is 15.4. The molecule has 21 nitrogen and oxygen atoms in total. The van der Waals surface area contributed by atoms with E-state index in [2.05, 4.69) is 31.2 Å². The zero-order chi connectivity index (χ0) is 48.5. The first kappa shape index (κ1) is 48.6. The number of aromatic nitrogens is 3. The van der Waals surface area contributed by atoms with E-state index in [1.807, 2.05) is 48.3 Å². The zero-order valence-electron chi connectivity index (χ0n) is 37.2. The smallest absolute Gasteiger partial charge is 0.266 e. The van der Waals surface area contributed by atoms with Crippen molar-refractivity contribution in [2.45, 2.75) is 18.9 Å². The van der Waals surface area contributed by atoms with Crippen LogP contribution in [0, 0.1) is 0 Å². The van der Waals surface area contributed by atoms with Crippen LogP contribution < -0.4 is 30.9 Å². The Morgan fingerprint density at radius 3 is 2.47 bits per heavy atom. The first-order valence-corrected chi connectivity index (χ1v) is 24.0. The lowest BCUT2D eigenvalue weighted by molar-refractivity contribution is -0.136. The molecule has 1 unspecified atom stereocenters. The predicted octanol–water partition coefficient (Wildman–Crippen LogP) is 1.83. The van der Waals surface area contributed by atoms with E-state index >= 15 is 0 Å². The van der Waals surface area contributed by atoms with Gasteiger partial charge in [0.25, 0.3) is 17.7 Å². The maximum atomic E-state index is 13.3. The summed E-state index contributed by atoms with van der Waals surface area (Å²) in [5.41, 5.74) is 3.47. The second kappa shape index (κ2) is 21.5. The van der Waals surface area contributed by atoms with Crippen LogP contribution in [0.4, 0.5) is 10.9 Å². The van der Waals surface area contributed by atoms with Gasteiger partial charge in [0.05, 0.1) is 54.9 Å². The van der Waals surface area contributed by atoms with Gasteiger partial charge in [0.2, 0.25) is 33.7 Å². The number of hydrogen-bond acceptors (Lipinski definition) is 16. The second-order valence-electron chi connectivity index (χ2n) is 15.8. The maximum Gasteiger partial charge on any atom is 0.266 e. The van der Waals surface area contributed by atoms with Gasteiger partial charge >= 0.3 is 0 Å². The second-order valence-corrected chi connectivity index (χ2v) is 18.6. The van der Waals surface area contributed by atoms with Crippen LogP contribution >= 0.6 is 11.3 Å². The third kappa shape index (κ3) is 12.0. The molecular formula is C45H48N10O11S2. The van der Waals surface area contributed by atoms with Crippen LogP contribution in [0.5, 0.6) is 5.75 Å². The SMILES string of the molecule is CN(CCNC(=O)CN(C)c1cc(-c2cccc(-c3csc(NC(=O)CNC(=O)c4ccn(S(C)(=O)=O)c4)n3)c2)ccn1)CCOCCOc1cccc2c1C(=O)N(C1CCC(=O)NC1=O)C2=O. The molecule has 1 saturated heterocycles. The summed E-state index contributed by atoms with van der Waals surface area (Å²) < 4.78 is 35.8. The number of piperidine rings is 1. The van der Waals surface area contributed by atoms with E-state index in [0.717, 1.165) is 31.8 Å². The number of likely N-dealkylation sites (N-methyl/N-ethyl adjacent to an activating group) is 2. The van der Waals surface area contributed by atoms with Crippen molar-refractivity contribution >= 4 is 73.7 Å². The molecule has 0 bridgehead atoms. The third-order valence-electron chi connectivity index (χ3n) is 10.8. The van der Waals surface area contributed by atoms with Gasteiger partial charge in [-0.3, -0.25) is 47.8 Å². The van der Waals surface area contributed by atoms with Gasteiger partial charge < -0.3 is 35.2 Å². The first-order chi connectivity index (χ1) is 32.5. The van der Waals surface area contributed by atoms with Crippen molar-refractivity contribution in [3.63, 3.8) is 0 Å². The average molecular weight is 969 g/mol. The van der Waals surface area contributed by atoms with Crippen LogP contribution in [-0.2, 0) is 33.9 Å². The lowest BCUT2D eigenvalue weighted by atomic mass is 10.0. The molecule has 0 saturated carbocycles. The molecule has 2 aliphatic rings. The Labute approximate surface area is 394 Å². The molecule has 2 aromatic carbocycles. The Balaban J connectivity index is 0.799. The molecule has 356 valence electrons. The number of fused-ring (bicyclic) bond motifs is 1. The molecule has 2 aliphatic heterocycles. The summed E-state index contributed by atoms with van der Waals surface area (Å²) in [6.07, 6.45) is 5.18. The molecular weight excluding hydrogens is 921 g/mol. The molecule has 1 fully saturated rings. The monoisotopic (exact) mass is 968 g/mol. The Bertz CT molecular complexity index is 2860. The van der Waals surface area contributed by atoms with Gasteiger partial charge in [0.1, 0.15) is 24.2 Å².